The van der Waals surface area contributed by atoms with Crippen LogP contribution in [0.3, 0.4) is 0 Å². The summed E-state index contributed by atoms with van der Waals surface area (Å²) in [6.07, 6.45) is 8.27. The number of ether oxygens (including phenoxy) is 1. The fraction of sp³-hybridized carbons (Fsp3) is 0.100. The normalized spacial score (nSPS) is 15.3. The van der Waals surface area contributed by atoms with E-state index in [-0.39, 0.29) is 0 Å². The first kappa shape index (κ1) is 15.1. The number of rotatable bonds is 5. The molecule has 0 atom stereocenters. The van der Waals surface area contributed by atoms with E-state index in [4.69, 9.17) is 4.74 Å². The molecule has 1 N–H and O–H groups in total. The number of allylic oxidation sites excluding steroid dienone is 4. The maximum atomic E-state index is 12.3. The summed E-state index contributed by atoms with van der Waals surface area (Å²) >= 11 is 0. The van der Waals surface area contributed by atoms with E-state index in [2.05, 4.69) is 6.08 Å². The molecule has 0 aromatic heterocycles. The minimum atomic E-state index is 0.506. The van der Waals surface area contributed by atoms with Crippen molar-refractivity contribution in [1.82, 2.24) is 5.54 Å². The van der Waals surface area contributed by atoms with E-state index in [0.29, 0.717) is 12.3 Å². The van der Waals surface area contributed by atoms with Crippen LogP contribution in [0.5, 0.6) is 5.75 Å². The Bertz CT molecular complexity index is 730. The lowest BCUT2D eigenvalue weighted by Crippen LogP contribution is -2.00. The van der Waals surface area contributed by atoms with Crippen molar-refractivity contribution in [3.8, 4) is 5.75 Å². The van der Waals surface area contributed by atoms with E-state index in [0.717, 1.165) is 28.9 Å². The standard InChI is InChI=1S/C20H18FNO/c21-22-19-10-6-16(7-11-19)14-17-8-12-20(13-9-17)23-15-18-4-2-1-3-5-18/h1-6,8-14,22H,7,15H2. The topological polar surface area (TPSA) is 21.3 Å². The van der Waals surface area contributed by atoms with Gasteiger partial charge in [-0.05, 0) is 41.3 Å². The number of hydrogen-bond acceptors (Lipinski definition) is 2. The van der Waals surface area contributed by atoms with Crippen molar-refractivity contribution >= 4 is 6.08 Å². The second-order valence-corrected chi connectivity index (χ2v) is 5.35. The Morgan fingerprint density at radius 2 is 1.78 bits per heavy atom. The van der Waals surface area contributed by atoms with Crippen molar-refractivity contribution in [3.63, 3.8) is 0 Å². The lowest BCUT2D eigenvalue weighted by Gasteiger charge is -2.08. The van der Waals surface area contributed by atoms with Gasteiger partial charge in [0.25, 0.3) is 0 Å². The second kappa shape index (κ2) is 7.45. The fourth-order valence-electron chi connectivity index (χ4n) is 2.35. The van der Waals surface area contributed by atoms with E-state index in [1.54, 1.807) is 11.6 Å². The summed E-state index contributed by atoms with van der Waals surface area (Å²) in [4.78, 5) is 0. The molecule has 0 amide bonds. The number of benzene rings is 2. The first-order valence-electron chi connectivity index (χ1n) is 7.56. The van der Waals surface area contributed by atoms with E-state index >= 15 is 0 Å². The molecule has 3 rings (SSSR count). The van der Waals surface area contributed by atoms with Gasteiger partial charge in [0.1, 0.15) is 12.4 Å². The lowest BCUT2D eigenvalue weighted by atomic mass is 10.0. The molecule has 2 nitrogen and oxygen atoms in total. The largest absolute Gasteiger partial charge is 0.489 e. The molecule has 0 radical (unpaired) electrons. The summed E-state index contributed by atoms with van der Waals surface area (Å²) in [6, 6.07) is 18.1. The van der Waals surface area contributed by atoms with Crippen LogP contribution < -0.4 is 10.3 Å². The van der Waals surface area contributed by atoms with Crippen molar-refractivity contribution in [2.45, 2.75) is 13.0 Å². The summed E-state index contributed by atoms with van der Waals surface area (Å²) < 4.78 is 18.0. The second-order valence-electron chi connectivity index (χ2n) is 5.35. The van der Waals surface area contributed by atoms with E-state index < -0.39 is 0 Å². The maximum Gasteiger partial charge on any atom is 0.119 e. The van der Waals surface area contributed by atoms with Crippen molar-refractivity contribution in [3.05, 3.63) is 95.2 Å². The van der Waals surface area contributed by atoms with Crippen LogP contribution in [0, 0.1) is 0 Å². The van der Waals surface area contributed by atoms with Crippen LogP contribution in [0.15, 0.2) is 84.1 Å². The lowest BCUT2D eigenvalue weighted by molar-refractivity contribution is 0.306. The van der Waals surface area contributed by atoms with Crippen LogP contribution >= 0.6 is 0 Å². The van der Waals surface area contributed by atoms with Gasteiger partial charge in [-0.2, -0.15) is 0 Å². The SMILES string of the molecule is FNC1=CCC(=Cc2ccc(OCc3ccccc3)cc2)C=C1. The highest BCUT2D eigenvalue weighted by molar-refractivity contribution is 5.58. The molecule has 1 aliphatic rings. The predicted octanol–water partition coefficient (Wildman–Crippen LogP) is 4.97. The van der Waals surface area contributed by atoms with Crippen molar-refractivity contribution in [2.24, 2.45) is 0 Å². The van der Waals surface area contributed by atoms with Crippen LogP contribution in [0.25, 0.3) is 6.08 Å². The van der Waals surface area contributed by atoms with Gasteiger partial charge in [-0.15, -0.1) is 4.48 Å². The highest BCUT2D eigenvalue weighted by Crippen LogP contribution is 2.20. The zero-order chi connectivity index (χ0) is 15.9. The predicted molar refractivity (Wildman–Crippen MR) is 91.3 cm³/mol. The summed E-state index contributed by atoms with van der Waals surface area (Å²) in [5, 5.41) is 0. The molecule has 1 aliphatic carbocycles. The Kier molecular flexibility index (Phi) is 4.89. The van der Waals surface area contributed by atoms with Gasteiger partial charge in [0, 0.05) is 0 Å². The maximum absolute atomic E-state index is 12.3. The Balaban J connectivity index is 1.59. The molecule has 0 fully saturated rings. The number of hydrogen-bond donors (Lipinski definition) is 1. The molecule has 0 unspecified atom stereocenters. The molecule has 0 spiro atoms. The Morgan fingerprint density at radius 3 is 2.43 bits per heavy atom. The van der Waals surface area contributed by atoms with Gasteiger partial charge in [-0.25, -0.2) is 5.54 Å². The van der Waals surface area contributed by atoms with Crippen LogP contribution in [0.4, 0.5) is 4.48 Å². The Hall–Kier alpha value is -2.81. The molecule has 3 heteroatoms. The zero-order valence-electron chi connectivity index (χ0n) is 12.7. The molecule has 0 heterocycles. The molecule has 2 aromatic carbocycles. The minimum absolute atomic E-state index is 0.506. The molecular weight excluding hydrogens is 289 g/mol. The highest BCUT2D eigenvalue weighted by atomic mass is 19.2. The van der Waals surface area contributed by atoms with E-state index in [1.807, 2.05) is 66.7 Å². The van der Waals surface area contributed by atoms with Gasteiger partial charge in [0.05, 0.1) is 5.70 Å². The Labute approximate surface area is 135 Å². The molecule has 0 saturated carbocycles. The van der Waals surface area contributed by atoms with Crippen molar-refractivity contribution in [1.29, 1.82) is 0 Å². The zero-order valence-corrected chi connectivity index (χ0v) is 12.7. The average Bonchev–Trinajstić information content (AvgIpc) is 2.63. The summed E-state index contributed by atoms with van der Waals surface area (Å²) in [6.45, 7) is 0.563. The summed E-state index contributed by atoms with van der Waals surface area (Å²) in [7, 11) is 0. The number of halogens is 1. The quantitative estimate of drug-likeness (QED) is 0.788. The monoisotopic (exact) mass is 307 g/mol. The summed E-state index contributed by atoms with van der Waals surface area (Å²) in [5.74, 6) is 0.846. The third kappa shape index (κ3) is 4.33. The first-order chi connectivity index (χ1) is 11.3. The minimum Gasteiger partial charge on any atom is -0.489 e. The van der Waals surface area contributed by atoms with Gasteiger partial charge < -0.3 is 4.74 Å². The van der Waals surface area contributed by atoms with Gasteiger partial charge in [-0.3, -0.25) is 0 Å². The average molecular weight is 307 g/mol. The molecule has 0 aliphatic heterocycles. The van der Waals surface area contributed by atoms with Crippen LogP contribution in [0.1, 0.15) is 17.5 Å². The van der Waals surface area contributed by atoms with Crippen molar-refractivity contribution in [2.75, 3.05) is 0 Å². The molecule has 0 saturated heterocycles. The smallest absolute Gasteiger partial charge is 0.119 e. The molecular formula is C20H18FNO. The molecule has 0 bridgehead atoms. The van der Waals surface area contributed by atoms with Gasteiger partial charge in [-0.1, -0.05) is 60.7 Å². The van der Waals surface area contributed by atoms with Gasteiger partial charge >= 0.3 is 0 Å². The fourth-order valence-corrected chi connectivity index (χ4v) is 2.35. The van der Waals surface area contributed by atoms with E-state index in [9.17, 15) is 4.48 Å². The third-order valence-electron chi connectivity index (χ3n) is 3.62. The third-order valence-corrected chi connectivity index (χ3v) is 3.62. The van der Waals surface area contributed by atoms with Crippen molar-refractivity contribution < 1.29 is 9.22 Å². The molecule has 23 heavy (non-hydrogen) atoms. The van der Waals surface area contributed by atoms with Crippen LogP contribution in [-0.4, -0.2) is 0 Å². The van der Waals surface area contributed by atoms with Crippen LogP contribution in [-0.2, 0) is 6.61 Å². The molecule has 2 aromatic rings. The van der Waals surface area contributed by atoms with Crippen LogP contribution in [0.2, 0.25) is 0 Å². The molecule has 116 valence electrons. The van der Waals surface area contributed by atoms with Gasteiger partial charge in [0.15, 0.2) is 0 Å². The number of nitrogens with one attached hydrogen (secondary N) is 1. The van der Waals surface area contributed by atoms with Gasteiger partial charge in [0.2, 0.25) is 0 Å². The Morgan fingerprint density at radius 1 is 1.00 bits per heavy atom. The highest BCUT2D eigenvalue weighted by Gasteiger charge is 2.01. The first-order valence-corrected chi connectivity index (χ1v) is 7.56. The van der Waals surface area contributed by atoms with E-state index in [1.165, 1.54) is 0 Å². The summed E-state index contributed by atoms with van der Waals surface area (Å²) in [5.41, 5.74) is 5.55.